The molecule has 1 heterocycles. The lowest BCUT2D eigenvalue weighted by Crippen LogP contribution is -2.38. The lowest BCUT2D eigenvalue weighted by atomic mass is 10.2. The minimum atomic E-state index is -4.51. The number of amides is 1. The van der Waals surface area contributed by atoms with Crippen molar-refractivity contribution in [3.8, 4) is 5.69 Å². The van der Waals surface area contributed by atoms with Crippen LogP contribution in [-0.2, 0) is 4.79 Å². The largest absolute Gasteiger partial charge is 0.405 e. The molecule has 0 aliphatic carbocycles. The molecule has 1 N–H and O–H groups in total. The smallest absolute Gasteiger partial charge is 0.346 e. The number of carbonyl (C=O) groups excluding carboxylic acids is 1. The van der Waals surface area contributed by atoms with Crippen molar-refractivity contribution in [2.24, 2.45) is 0 Å². The number of rotatable bonds is 5. The number of halogens is 4. The standard InChI is InChI=1S/C20H17ClF3N3O2S/c1-11-4-3-5-14(8-11)27-18(29)15-7-6-13(21)9-16(15)26-19(27)30-12(2)17(28)25-10-20(22,23)24/h3-9,12H,10H2,1-2H3,(H,25,28). The van der Waals surface area contributed by atoms with Gasteiger partial charge in [-0.15, -0.1) is 0 Å². The molecule has 0 aliphatic rings. The Bertz CT molecular complexity index is 1160. The van der Waals surface area contributed by atoms with Crippen LogP contribution in [0.15, 0.2) is 52.4 Å². The lowest BCUT2D eigenvalue weighted by Gasteiger charge is -2.17. The van der Waals surface area contributed by atoms with Gasteiger partial charge in [-0.1, -0.05) is 35.5 Å². The van der Waals surface area contributed by atoms with Gasteiger partial charge in [-0.05, 0) is 49.7 Å². The first-order valence-electron chi connectivity index (χ1n) is 8.85. The van der Waals surface area contributed by atoms with E-state index < -0.39 is 23.9 Å². The van der Waals surface area contributed by atoms with Crippen LogP contribution < -0.4 is 10.9 Å². The van der Waals surface area contributed by atoms with E-state index in [-0.39, 0.29) is 10.7 Å². The molecule has 30 heavy (non-hydrogen) atoms. The number of aromatic nitrogens is 2. The second-order valence-corrected chi connectivity index (χ2v) is 8.37. The number of thioether (sulfide) groups is 1. The van der Waals surface area contributed by atoms with Crippen LogP contribution >= 0.6 is 23.4 Å². The minimum absolute atomic E-state index is 0.176. The van der Waals surface area contributed by atoms with Gasteiger partial charge in [0, 0.05) is 5.02 Å². The molecule has 0 bridgehead atoms. The second kappa shape index (κ2) is 8.69. The van der Waals surface area contributed by atoms with E-state index in [9.17, 15) is 22.8 Å². The molecule has 158 valence electrons. The second-order valence-electron chi connectivity index (χ2n) is 6.63. The molecule has 3 aromatic rings. The first-order chi connectivity index (χ1) is 14.0. The van der Waals surface area contributed by atoms with Crippen molar-refractivity contribution < 1.29 is 18.0 Å². The first kappa shape index (κ1) is 22.2. The number of nitrogens with zero attached hydrogens (tertiary/aromatic N) is 2. The monoisotopic (exact) mass is 455 g/mol. The molecular weight excluding hydrogens is 439 g/mol. The molecule has 2 aromatic carbocycles. The van der Waals surface area contributed by atoms with Gasteiger partial charge < -0.3 is 5.32 Å². The van der Waals surface area contributed by atoms with Crippen molar-refractivity contribution in [1.82, 2.24) is 14.9 Å². The average Bonchev–Trinajstić information content (AvgIpc) is 2.65. The summed E-state index contributed by atoms with van der Waals surface area (Å²) in [5.74, 6) is -0.812. The topological polar surface area (TPSA) is 64.0 Å². The molecule has 0 radical (unpaired) electrons. The van der Waals surface area contributed by atoms with Gasteiger partial charge in [0.2, 0.25) is 5.91 Å². The van der Waals surface area contributed by atoms with Crippen molar-refractivity contribution in [2.75, 3.05) is 6.54 Å². The Hall–Kier alpha value is -2.52. The maximum atomic E-state index is 13.2. The number of alkyl halides is 3. The van der Waals surface area contributed by atoms with Crippen LogP contribution in [-0.4, -0.2) is 33.4 Å². The fraction of sp³-hybridized carbons (Fsp3) is 0.250. The van der Waals surface area contributed by atoms with E-state index in [4.69, 9.17) is 11.6 Å². The van der Waals surface area contributed by atoms with Gasteiger partial charge in [0.25, 0.3) is 5.56 Å². The Morgan fingerprint density at radius 2 is 2.00 bits per heavy atom. The van der Waals surface area contributed by atoms with E-state index in [1.54, 1.807) is 30.3 Å². The lowest BCUT2D eigenvalue weighted by molar-refractivity contribution is -0.137. The number of hydrogen-bond acceptors (Lipinski definition) is 4. The van der Waals surface area contributed by atoms with Crippen molar-refractivity contribution in [3.63, 3.8) is 0 Å². The third-order valence-corrected chi connectivity index (χ3v) is 5.46. The van der Waals surface area contributed by atoms with Crippen molar-refractivity contribution in [2.45, 2.75) is 30.4 Å². The van der Waals surface area contributed by atoms with Crippen molar-refractivity contribution in [3.05, 3.63) is 63.4 Å². The van der Waals surface area contributed by atoms with E-state index >= 15 is 0 Å². The van der Waals surface area contributed by atoms with Crippen molar-refractivity contribution in [1.29, 1.82) is 0 Å². The molecular formula is C20H17ClF3N3O2S. The van der Waals surface area contributed by atoms with E-state index in [1.807, 2.05) is 18.3 Å². The van der Waals surface area contributed by atoms with Crippen molar-refractivity contribution >= 4 is 40.2 Å². The highest BCUT2D eigenvalue weighted by atomic mass is 35.5. The summed E-state index contributed by atoms with van der Waals surface area (Å²) in [6.07, 6.45) is -4.51. The quantitative estimate of drug-likeness (QED) is 0.454. The molecule has 0 fully saturated rings. The molecule has 1 amide bonds. The van der Waals surface area contributed by atoms with Crippen LogP contribution in [0.1, 0.15) is 12.5 Å². The van der Waals surface area contributed by atoms with Gasteiger partial charge in [0.05, 0.1) is 21.8 Å². The summed E-state index contributed by atoms with van der Waals surface area (Å²) >= 11 is 6.91. The summed E-state index contributed by atoms with van der Waals surface area (Å²) in [6, 6.07) is 11.8. The molecule has 10 heteroatoms. The summed E-state index contributed by atoms with van der Waals surface area (Å²) in [6.45, 7) is 1.89. The molecule has 1 unspecified atom stereocenters. The Morgan fingerprint density at radius 3 is 2.67 bits per heavy atom. The Labute approximate surface area is 179 Å². The summed E-state index contributed by atoms with van der Waals surface area (Å²) < 4.78 is 38.6. The summed E-state index contributed by atoms with van der Waals surface area (Å²) in [7, 11) is 0. The van der Waals surface area contributed by atoms with E-state index in [0.29, 0.717) is 21.6 Å². The van der Waals surface area contributed by atoms with Crippen LogP contribution in [0.2, 0.25) is 5.02 Å². The van der Waals surface area contributed by atoms with E-state index in [0.717, 1.165) is 17.3 Å². The molecule has 0 aliphatic heterocycles. The predicted octanol–water partition coefficient (Wildman–Crippen LogP) is 4.51. The van der Waals surface area contributed by atoms with Crippen LogP contribution in [0.25, 0.3) is 16.6 Å². The zero-order valence-electron chi connectivity index (χ0n) is 16.0. The number of carbonyl (C=O) groups is 1. The summed E-state index contributed by atoms with van der Waals surface area (Å²) in [5, 5.41) is 1.82. The number of aryl methyl sites for hydroxylation is 1. The molecule has 0 saturated carbocycles. The summed E-state index contributed by atoms with van der Waals surface area (Å²) in [4.78, 5) is 29.8. The van der Waals surface area contributed by atoms with Crippen LogP contribution in [0.5, 0.6) is 0 Å². The maximum Gasteiger partial charge on any atom is 0.405 e. The molecule has 0 spiro atoms. The maximum absolute atomic E-state index is 13.2. The number of benzene rings is 2. The Kier molecular flexibility index (Phi) is 6.42. The van der Waals surface area contributed by atoms with Gasteiger partial charge in [0.15, 0.2) is 5.16 Å². The fourth-order valence-electron chi connectivity index (χ4n) is 2.76. The van der Waals surface area contributed by atoms with E-state index in [2.05, 4.69) is 4.98 Å². The SMILES string of the molecule is Cc1cccc(-n2c(SC(C)C(=O)NCC(F)(F)F)nc3cc(Cl)ccc3c2=O)c1. The third-order valence-electron chi connectivity index (χ3n) is 4.17. The number of hydrogen-bond donors (Lipinski definition) is 1. The molecule has 1 aromatic heterocycles. The predicted molar refractivity (Wildman–Crippen MR) is 111 cm³/mol. The Morgan fingerprint density at radius 1 is 1.27 bits per heavy atom. The highest BCUT2D eigenvalue weighted by molar-refractivity contribution is 8.00. The number of fused-ring (bicyclic) bond motifs is 1. The summed E-state index contributed by atoms with van der Waals surface area (Å²) in [5.41, 5.74) is 1.41. The van der Waals surface area contributed by atoms with E-state index in [1.165, 1.54) is 17.6 Å². The van der Waals surface area contributed by atoms with Crippen LogP contribution in [0, 0.1) is 6.92 Å². The fourth-order valence-corrected chi connectivity index (χ4v) is 3.87. The van der Waals surface area contributed by atoms with Gasteiger partial charge in [-0.3, -0.25) is 14.2 Å². The van der Waals surface area contributed by atoms with Gasteiger partial charge >= 0.3 is 6.18 Å². The highest BCUT2D eigenvalue weighted by Gasteiger charge is 2.29. The first-order valence-corrected chi connectivity index (χ1v) is 10.1. The molecule has 3 rings (SSSR count). The van der Waals surface area contributed by atoms with Crippen LogP contribution in [0.3, 0.4) is 0 Å². The molecule has 0 saturated heterocycles. The average molecular weight is 456 g/mol. The van der Waals surface area contributed by atoms with Gasteiger partial charge in [0.1, 0.15) is 6.54 Å². The minimum Gasteiger partial charge on any atom is -0.346 e. The molecule has 1 atom stereocenters. The molecule has 5 nitrogen and oxygen atoms in total. The third kappa shape index (κ3) is 5.14. The van der Waals surface area contributed by atoms with Crippen LogP contribution in [0.4, 0.5) is 13.2 Å². The number of nitrogens with one attached hydrogen (secondary N) is 1. The van der Waals surface area contributed by atoms with Gasteiger partial charge in [-0.25, -0.2) is 4.98 Å². The zero-order chi connectivity index (χ0) is 22.1. The highest BCUT2D eigenvalue weighted by Crippen LogP contribution is 2.26. The normalized spacial score (nSPS) is 12.7. The van der Waals surface area contributed by atoms with Gasteiger partial charge in [-0.2, -0.15) is 13.2 Å². The zero-order valence-corrected chi connectivity index (χ0v) is 17.5. The Balaban J connectivity index is 2.06.